The van der Waals surface area contributed by atoms with Gasteiger partial charge in [0.25, 0.3) is 0 Å². The third-order valence-corrected chi connectivity index (χ3v) is 2.81. The molecule has 0 fully saturated rings. The van der Waals surface area contributed by atoms with Crippen LogP contribution in [-0.4, -0.2) is 35.3 Å². The number of thioether (sulfide) groups is 1. The Morgan fingerprint density at radius 2 is 2.17 bits per heavy atom. The molecule has 0 aliphatic carbocycles. The van der Waals surface area contributed by atoms with E-state index in [1.54, 1.807) is 11.8 Å². The molecule has 0 rings (SSSR count). The summed E-state index contributed by atoms with van der Waals surface area (Å²) in [5.41, 5.74) is -0.567. The summed E-state index contributed by atoms with van der Waals surface area (Å²) in [6.45, 7) is 6.83. The van der Waals surface area contributed by atoms with E-state index in [9.17, 15) is 5.11 Å². The molecule has 0 amide bonds. The Balaban J connectivity index is 3.59. The van der Waals surface area contributed by atoms with Crippen molar-refractivity contribution in [1.29, 1.82) is 0 Å². The lowest BCUT2D eigenvalue weighted by atomic mass is 10.1. The maximum absolute atomic E-state index is 9.78. The molecule has 0 aromatic rings. The molecule has 74 valence electrons. The molecule has 0 saturated heterocycles. The van der Waals surface area contributed by atoms with Crippen LogP contribution in [0.4, 0.5) is 0 Å². The van der Waals surface area contributed by atoms with Crippen LogP contribution in [0.2, 0.25) is 0 Å². The summed E-state index contributed by atoms with van der Waals surface area (Å²) in [5.74, 6) is 0.788. The van der Waals surface area contributed by atoms with Gasteiger partial charge in [0, 0.05) is 18.3 Å². The number of rotatable bonds is 6. The minimum absolute atomic E-state index is 0.498. The highest BCUT2D eigenvalue weighted by atomic mass is 32.2. The highest BCUT2D eigenvalue weighted by Crippen LogP contribution is 2.09. The normalized spacial score (nSPS) is 18.8. The molecule has 0 aliphatic rings. The van der Waals surface area contributed by atoms with E-state index in [0.29, 0.717) is 12.6 Å². The summed E-state index contributed by atoms with van der Waals surface area (Å²) in [6, 6.07) is 0.498. The van der Waals surface area contributed by atoms with Gasteiger partial charge in [-0.2, -0.15) is 11.8 Å². The maximum Gasteiger partial charge on any atom is 0.0833 e. The summed E-state index contributed by atoms with van der Waals surface area (Å²) in [7, 11) is 0. The fraction of sp³-hybridized carbons (Fsp3) is 1.00. The number of hydrogen-bond donors (Lipinski definition) is 2. The van der Waals surface area contributed by atoms with E-state index in [2.05, 4.69) is 19.2 Å². The van der Waals surface area contributed by atoms with Crippen LogP contribution in [0, 0.1) is 0 Å². The minimum Gasteiger partial charge on any atom is -0.388 e. The van der Waals surface area contributed by atoms with E-state index < -0.39 is 5.60 Å². The monoisotopic (exact) mass is 191 g/mol. The van der Waals surface area contributed by atoms with Gasteiger partial charge in [-0.1, -0.05) is 6.92 Å². The molecule has 0 radical (unpaired) electrons. The molecule has 2 atom stereocenters. The van der Waals surface area contributed by atoms with E-state index in [4.69, 9.17) is 0 Å². The quantitative estimate of drug-likeness (QED) is 0.667. The zero-order valence-corrected chi connectivity index (χ0v) is 9.37. The first-order valence-electron chi connectivity index (χ1n) is 4.46. The van der Waals surface area contributed by atoms with Gasteiger partial charge in [-0.25, -0.2) is 0 Å². The van der Waals surface area contributed by atoms with Crippen molar-refractivity contribution < 1.29 is 5.11 Å². The predicted octanol–water partition coefficient (Wildman–Crippen LogP) is 1.49. The first-order chi connectivity index (χ1) is 5.52. The lowest BCUT2D eigenvalue weighted by Crippen LogP contribution is -2.43. The second kappa shape index (κ2) is 5.84. The fourth-order valence-corrected chi connectivity index (χ4v) is 1.62. The highest BCUT2D eigenvalue weighted by molar-refractivity contribution is 7.98. The molecular formula is C9H21NOS. The summed E-state index contributed by atoms with van der Waals surface area (Å²) in [5, 5.41) is 13.1. The Kier molecular flexibility index (Phi) is 5.97. The van der Waals surface area contributed by atoms with Crippen LogP contribution >= 0.6 is 11.8 Å². The Morgan fingerprint density at radius 3 is 2.58 bits per heavy atom. The lowest BCUT2D eigenvalue weighted by Gasteiger charge is -2.24. The number of hydrogen-bond acceptors (Lipinski definition) is 3. The van der Waals surface area contributed by atoms with Gasteiger partial charge in [0.15, 0.2) is 0 Å². The van der Waals surface area contributed by atoms with Crippen LogP contribution in [0.1, 0.15) is 27.2 Å². The van der Waals surface area contributed by atoms with Crippen molar-refractivity contribution in [3.05, 3.63) is 0 Å². The molecule has 0 aromatic heterocycles. The van der Waals surface area contributed by atoms with Crippen LogP contribution in [-0.2, 0) is 0 Å². The van der Waals surface area contributed by atoms with Gasteiger partial charge in [0.1, 0.15) is 0 Å². The first kappa shape index (κ1) is 12.3. The Bertz CT molecular complexity index is 117. The lowest BCUT2D eigenvalue weighted by molar-refractivity contribution is 0.0819. The third kappa shape index (κ3) is 5.86. The molecular weight excluding hydrogens is 170 g/mol. The second-order valence-electron chi connectivity index (χ2n) is 3.62. The van der Waals surface area contributed by atoms with E-state index in [-0.39, 0.29) is 0 Å². The van der Waals surface area contributed by atoms with Gasteiger partial charge >= 0.3 is 0 Å². The van der Waals surface area contributed by atoms with Crippen molar-refractivity contribution in [3.8, 4) is 0 Å². The largest absolute Gasteiger partial charge is 0.388 e. The van der Waals surface area contributed by atoms with Gasteiger partial charge in [-0.05, 0) is 26.5 Å². The van der Waals surface area contributed by atoms with E-state index >= 15 is 0 Å². The van der Waals surface area contributed by atoms with Gasteiger partial charge in [0.05, 0.1) is 5.60 Å². The second-order valence-corrected chi connectivity index (χ2v) is 4.49. The molecule has 2 unspecified atom stereocenters. The minimum atomic E-state index is -0.567. The SMILES string of the molecule is CCC(C)NCC(C)(O)CSC. The fourth-order valence-electron chi connectivity index (χ4n) is 0.900. The molecule has 0 bridgehead atoms. The maximum atomic E-state index is 9.78. The van der Waals surface area contributed by atoms with Crippen molar-refractivity contribution in [1.82, 2.24) is 5.32 Å². The number of aliphatic hydroxyl groups is 1. The predicted molar refractivity (Wildman–Crippen MR) is 56.8 cm³/mol. The van der Waals surface area contributed by atoms with E-state index in [1.165, 1.54) is 0 Å². The highest BCUT2D eigenvalue weighted by Gasteiger charge is 2.19. The smallest absolute Gasteiger partial charge is 0.0833 e. The van der Waals surface area contributed by atoms with Gasteiger partial charge in [0.2, 0.25) is 0 Å². The van der Waals surface area contributed by atoms with Crippen molar-refractivity contribution in [3.63, 3.8) is 0 Å². The molecule has 2 nitrogen and oxygen atoms in total. The zero-order chi connectivity index (χ0) is 9.61. The summed E-state index contributed by atoms with van der Waals surface area (Å²) in [6.07, 6.45) is 3.12. The Labute approximate surface area is 80.1 Å². The molecule has 12 heavy (non-hydrogen) atoms. The van der Waals surface area contributed by atoms with Crippen molar-refractivity contribution in [2.45, 2.75) is 38.8 Å². The van der Waals surface area contributed by atoms with Gasteiger partial charge < -0.3 is 10.4 Å². The molecule has 2 N–H and O–H groups in total. The average molecular weight is 191 g/mol. The standard InChI is InChI=1S/C9H21NOS/c1-5-8(2)10-6-9(3,11)7-12-4/h8,10-11H,5-7H2,1-4H3. The van der Waals surface area contributed by atoms with Crippen molar-refractivity contribution >= 4 is 11.8 Å². The van der Waals surface area contributed by atoms with Crippen LogP contribution in [0.3, 0.4) is 0 Å². The van der Waals surface area contributed by atoms with E-state index in [0.717, 1.165) is 12.2 Å². The molecule has 0 spiro atoms. The van der Waals surface area contributed by atoms with Gasteiger partial charge in [-0.3, -0.25) is 0 Å². The topological polar surface area (TPSA) is 32.3 Å². The van der Waals surface area contributed by atoms with Crippen LogP contribution in [0.15, 0.2) is 0 Å². The average Bonchev–Trinajstić information content (AvgIpc) is 2.00. The van der Waals surface area contributed by atoms with Crippen molar-refractivity contribution in [2.75, 3.05) is 18.6 Å². The third-order valence-electron chi connectivity index (χ3n) is 1.90. The van der Waals surface area contributed by atoms with Crippen LogP contribution in [0.5, 0.6) is 0 Å². The molecule has 0 aliphatic heterocycles. The summed E-state index contributed by atoms with van der Waals surface area (Å²) in [4.78, 5) is 0. The summed E-state index contributed by atoms with van der Waals surface area (Å²) < 4.78 is 0. The summed E-state index contributed by atoms with van der Waals surface area (Å²) >= 11 is 1.68. The van der Waals surface area contributed by atoms with E-state index in [1.807, 2.05) is 13.2 Å². The van der Waals surface area contributed by atoms with Crippen LogP contribution in [0.25, 0.3) is 0 Å². The van der Waals surface area contributed by atoms with Crippen LogP contribution < -0.4 is 5.32 Å². The molecule has 0 aromatic carbocycles. The molecule has 3 heteroatoms. The molecule has 0 heterocycles. The zero-order valence-electron chi connectivity index (χ0n) is 8.55. The Hall–Kier alpha value is 0.270. The first-order valence-corrected chi connectivity index (χ1v) is 5.86. The number of nitrogens with one attached hydrogen (secondary N) is 1. The van der Waals surface area contributed by atoms with Gasteiger partial charge in [-0.15, -0.1) is 0 Å². The van der Waals surface area contributed by atoms with Crippen molar-refractivity contribution in [2.24, 2.45) is 0 Å². The molecule has 0 saturated carbocycles. The Morgan fingerprint density at radius 1 is 1.58 bits per heavy atom.